The van der Waals surface area contributed by atoms with Gasteiger partial charge in [0.1, 0.15) is 5.82 Å². The molecule has 0 aromatic heterocycles. The molecule has 102 valence electrons. The van der Waals surface area contributed by atoms with E-state index in [9.17, 15) is 14.0 Å². The lowest BCUT2D eigenvalue weighted by Gasteiger charge is -2.34. The van der Waals surface area contributed by atoms with Crippen LogP contribution in [-0.4, -0.2) is 55.0 Å². The molecule has 1 aromatic rings. The monoisotopic (exact) mass is 266 g/mol. The lowest BCUT2D eigenvalue weighted by Crippen LogP contribution is -2.44. The van der Waals surface area contributed by atoms with Crippen molar-refractivity contribution in [3.05, 3.63) is 29.6 Å². The minimum Gasteiger partial charge on any atom is -0.475 e. The molecule has 0 bridgehead atoms. The smallest absolute Gasteiger partial charge is 0.377 e. The van der Waals surface area contributed by atoms with E-state index in [1.54, 1.807) is 0 Å². The largest absolute Gasteiger partial charge is 0.475 e. The Balaban J connectivity index is 2.20. The van der Waals surface area contributed by atoms with Crippen molar-refractivity contribution in [2.24, 2.45) is 0 Å². The summed E-state index contributed by atoms with van der Waals surface area (Å²) in [6, 6.07) is 3.81. The second-order valence-corrected chi connectivity index (χ2v) is 4.59. The second kappa shape index (κ2) is 5.36. The van der Waals surface area contributed by atoms with Gasteiger partial charge >= 0.3 is 5.97 Å². The Morgan fingerprint density at radius 1 is 1.21 bits per heavy atom. The number of Topliss-reactive ketones (excluding diaryl/α,β-unsaturated/α-hetero) is 1. The standard InChI is InChI=1S/C13H15FN2O3/c1-15-4-6-16(7-5-15)11-3-2-9(8-10(11)14)12(17)13(18)19/h2-3,8H,4-7H2,1H3,(H,18,19). The van der Waals surface area contributed by atoms with Gasteiger partial charge in [0.2, 0.25) is 0 Å². The van der Waals surface area contributed by atoms with Crippen molar-refractivity contribution in [2.75, 3.05) is 38.1 Å². The number of carboxylic acids is 1. The van der Waals surface area contributed by atoms with E-state index >= 15 is 0 Å². The molecule has 0 unspecified atom stereocenters. The molecule has 6 heteroatoms. The highest BCUT2D eigenvalue weighted by molar-refractivity contribution is 6.39. The van der Waals surface area contributed by atoms with Gasteiger partial charge in [-0.1, -0.05) is 0 Å². The summed E-state index contributed by atoms with van der Waals surface area (Å²) in [5.74, 6) is -3.23. The number of likely N-dealkylation sites (N-methyl/N-ethyl adjacent to an activating group) is 1. The molecule has 0 radical (unpaired) electrons. The number of carbonyl (C=O) groups is 2. The minimum atomic E-state index is -1.58. The van der Waals surface area contributed by atoms with Crippen LogP contribution in [-0.2, 0) is 4.79 Å². The van der Waals surface area contributed by atoms with E-state index in [-0.39, 0.29) is 5.56 Å². The van der Waals surface area contributed by atoms with Crippen LogP contribution in [0, 0.1) is 5.82 Å². The Morgan fingerprint density at radius 2 is 1.84 bits per heavy atom. The normalized spacial score (nSPS) is 16.4. The number of rotatable bonds is 3. The molecular formula is C13H15FN2O3. The molecule has 1 N–H and O–H groups in total. The number of piperazine rings is 1. The number of benzene rings is 1. The van der Waals surface area contributed by atoms with Gasteiger partial charge in [0.25, 0.3) is 5.78 Å². The first-order chi connectivity index (χ1) is 8.99. The second-order valence-electron chi connectivity index (χ2n) is 4.59. The van der Waals surface area contributed by atoms with Gasteiger partial charge < -0.3 is 14.9 Å². The zero-order valence-corrected chi connectivity index (χ0v) is 10.6. The van der Waals surface area contributed by atoms with Crippen molar-refractivity contribution >= 4 is 17.4 Å². The van der Waals surface area contributed by atoms with E-state index in [0.717, 1.165) is 19.2 Å². The zero-order valence-electron chi connectivity index (χ0n) is 10.6. The number of nitrogens with zero attached hydrogens (tertiary/aromatic N) is 2. The maximum absolute atomic E-state index is 14.0. The van der Waals surface area contributed by atoms with Crippen molar-refractivity contribution in [1.82, 2.24) is 4.90 Å². The van der Waals surface area contributed by atoms with Gasteiger partial charge in [-0.05, 0) is 25.2 Å². The van der Waals surface area contributed by atoms with Crippen LogP contribution in [0.1, 0.15) is 10.4 Å². The first-order valence-corrected chi connectivity index (χ1v) is 5.99. The van der Waals surface area contributed by atoms with Gasteiger partial charge in [0.15, 0.2) is 0 Å². The van der Waals surface area contributed by atoms with E-state index in [0.29, 0.717) is 18.8 Å². The third kappa shape index (κ3) is 2.90. The van der Waals surface area contributed by atoms with Crippen molar-refractivity contribution < 1.29 is 19.1 Å². The minimum absolute atomic E-state index is 0.136. The summed E-state index contributed by atoms with van der Waals surface area (Å²) in [6.45, 7) is 3.10. The maximum atomic E-state index is 14.0. The molecule has 0 amide bonds. The molecule has 5 nitrogen and oxygen atoms in total. The summed E-state index contributed by atoms with van der Waals surface area (Å²) in [7, 11) is 2.00. The number of carbonyl (C=O) groups excluding carboxylic acids is 1. The van der Waals surface area contributed by atoms with E-state index in [4.69, 9.17) is 5.11 Å². The topological polar surface area (TPSA) is 60.9 Å². The van der Waals surface area contributed by atoms with Gasteiger partial charge in [0.05, 0.1) is 5.69 Å². The highest BCUT2D eigenvalue weighted by atomic mass is 19.1. The first-order valence-electron chi connectivity index (χ1n) is 5.99. The molecule has 1 heterocycles. The Kier molecular flexibility index (Phi) is 3.80. The third-order valence-electron chi connectivity index (χ3n) is 3.25. The summed E-state index contributed by atoms with van der Waals surface area (Å²) in [5.41, 5.74) is 0.276. The van der Waals surface area contributed by atoms with Crippen molar-refractivity contribution in [3.63, 3.8) is 0 Å². The molecule has 0 atom stereocenters. The van der Waals surface area contributed by atoms with E-state index in [1.165, 1.54) is 12.1 Å². The quantitative estimate of drug-likeness (QED) is 0.649. The molecule has 1 aliphatic heterocycles. The fourth-order valence-electron chi connectivity index (χ4n) is 2.08. The van der Waals surface area contributed by atoms with Gasteiger partial charge in [-0.3, -0.25) is 4.79 Å². The molecule has 19 heavy (non-hydrogen) atoms. The van der Waals surface area contributed by atoms with Gasteiger partial charge in [-0.2, -0.15) is 0 Å². The molecule has 0 spiro atoms. The number of hydrogen-bond acceptors (Lipinski definition) is 4. The van der Waals surface area contributed by atoms with E-state index < -0.39 is 17.6 Å². The van der Waals surface area contributed by atoms with Crippen molar-refractivity contribution in [2.45, 2.75) is 0 Å². The highest BCUT2D eigenvalue weighted by Gasteiger charge is 2.20. The predicted octanol–water partition coefficient (Wildman–Crippen LogP) is 0.845. The van der Waals surface area contributed by atoms with Crippen molar-refractivity contribution in [1.29, 1.82) is 0 Å². The third-order valence-corrected chi connectivity index (χ3v) is 3.25. The lowest BCUT2D eigenvalue weighted by atomic mass is 10.1. The summed E-state index contributed by atoms with van der Waals surface area (Å²) in [6.07, 6.45) is 0. The van der Waals surface area contributed by atoms with Crippen LogP contribution in [0.25, 0.3) is 0 Å². The van der Waals surface area contributed by atoms with Crippen LogP contribution in [0.15, 0.2) is 18.2 Å². The number of aliphatic carboxylic acids is 1. The number of hydrogen-bond donors (Lipinski definition) is 1. The summed E-state index contributed by atoms with van der Waals surface area (Å²) in [4.78, 5) is 25.8. The SMILES string of the molecule is CN1CCN(c2ccc(C(=O)C(=O)O)cc2F)CC1. The zero-order chi connectivity index (χ0) is 14.0. The molecule has 1 aliphatic rings. The van der Waals surface area contributed by atoms with Crippen LogP contribution in [0.5, 0.6) is 0 Å². The Bertz CT molecular complexity index is 511. The van der Waals surface area contributed by atoms with Gasteiger partial charge in [-0.25, -0.2) is 9.18 Å². The molecule has 0 aliphatic carbocycles. The maximum Gasteiger partial charge on any atom is 0.377 e. The molecule has 2 rings (SSSR count). The van der Waals surface area contributed by atoms with Gasteiger partial charge in [0, 0.05) is 31.7 Å². The Labute approximate surface area is 110 Å². The van der Waals surface area contributed by atoms with E-state index in [2.05, 4.69) is 4.90 Å². The molecule has 0 saturated carbocycles. The number of ketones is 1. The average Bonchev–Trinajstić information content (AvgIpc) is 2.39. The first kappa shape index (κ1) is 13.5. The van der Waals surface area contributed by atoms with Crippen molar-refractivity contribution in [3.8, 4) is 0 Å². The lowest BCUT2D eigenvalue weighted by molar-refractivity contribution is -0.131. The predicted molar refractivity (Wildman–Crippen MR) is 68.1 cm³/mol. The fourth-order valence-corrected chi connectivity index (χ4v) is 2.08. The van der Waals surface area contributed by atoms with Crippen LogP contribution in [0.2, 0.25) is 0 Å². The number of halogens is 1. The molecule has 1 aromatic carbocycles. The van der Waals surface area contributed by atoms with Crippen LogP contribution >= 0.6 is 0 Å². The summed E-state index contributed by atoms with van der Waals surface area (Å²) >= 11 is 0. The van der Waals surface area contributed by atoms with E-state index in [1.807, 2.05) is 11.9 Å². The Hall–Kier alpha value is -1.95. The average molecular weight is 266 g/mol. The molecule has 1 saturated heterocycles. The van der Waals surface area contributed by atoms with Crippen LogP contribution in [0.3, 0.4) is 0 Å². The molecular weight excluding hydrogens is 251 g/mol. The number of anilines is 1. The Morgan fingerprint density at radius 3 is 2.37 bits per heavy atom. The highest BCUT2D eigenvalue weighted by Crippen LogP contribution is 2.22. The van der Waals surface area contributed by atoms with Gasteiger partial charge in [-0.15, -0.1) is 0 Å². The van der Waals surface area contributed by atoms with Crippen LogP contribution < -0.4 is 4.90 Å². The summed E-state index contributed by atoms with van der Waals surface area (Å²) < 4.78 is 14.0. The number of carboxylic acid groups (broad SMARTS) is 1. The molecule has 1 fully saturated rings. The summed E-state index contributed by atoms with van der Waals surface area (Å²) in [5, 5.41) is 8.59. The van der Waals surface area contributed by atoms with Crippen LogP contribution in [0.4, 0.5) is 10.1 Å². The fraction of sp³-hybridized carbons (Fsp3) is 0.385.